The van der Waals surface area contributed by atoms with Gasteiger partial charge in [0.1, 0.15) is 0 Å². The van der Waals surface area contributed by atoms with Gasteiger partial charge in [-0.05, 0) is 118 Å². The van der Waals surface area contributed by atoms with Gasteiger partial charge in [0.15, 0.2) is 0 Å². The van der Waals surface area contributed by atoms with Crippen molar-refractivity contribution in [3.63, 3.8) is 0 Å². The molecule has 12 rings (SSSR count). The van der Waals surface area contributed by atoms with Gasteiger partial charge >= 0.3 is 0 Å². The number of rotatable bonds is 9. The Kier molecular flexibility index (Phi) is 9.28. The normalized spacial score (nSPS) is 14.0. The van der Waals surface area contributed by atoms with Crippen LogP contribution in [0.5, 0.6) is 0 Å². The Morgan fingerprint density at radius 1 is 0.312 bits per heavy atom. The molecule has 0 saturated carbocycles. The van der Waals surface area contributed by atoms with Crippen LogP contribution in [0.15, 0.2) is 255 Å². The van der Waals surface area contributed by atoms with E-state index < -0.39 is 5.41 Å². The maximum Gasteiger partial charge on any atom is 0.0714 e. The zero-order valence-corrected chi connectivity index (χ0v) is 35.9. The summed E-state index contributed by atoms with van der Waals surface area (Å²) in [7, 11) is 0. The van der Waals surface area contributed by atoms with Crippen LogP contribution in [0.25, 0.3) is 42.4 Å². The second kappa shape index (κ2) is 15.7. The first-order chi connectivity index (χ1) is 31.8. The third-order valence-electron chi connectivity index (χ3n) is 12.9. The fourth-order valence-electron chi connectivity index (χ4n) is 10.2. The number of anilines is 6. The standard InChI is InChI=1S/C61H42N2S/c1-6-22-45(23-7-1)61(56-35-18-16-34-55(56)59-57(61)38-37-54-53-33-17-19-36-58(53)64-60(54)59)46-24-20-21-43(39-46)44-40-51(62(47-25-8-2-9-26-47)48-27-10-3-11-28-48)42-52(41-44)63(49-29-12-4-13-30-49)50-31-14-5-15-32-50/h1-42H. The molecule has 0 bridgehead atoms. The number of benzene rings is 10. The first kappa shape index (κ1) is 37.8. The zero-order chi connectivity index (χ0) is 42.5. The van der Waals surface area contributed by atoms with Gasteiger partial charge in [0, 0.05) is 59.9 Å². The smallest absolute Gasteiger partial charge is 0.0714 e. The van der Waals surface area contributed by atoms with Gasteiger partial charge in [-0.1, -0.05) is 176 Å². The first-order valence-electron chi connectivity index (χ1n) is 21.9. The summed E-state index contributed by atoms with van der Waals surface area (Å²) in [5.41, 5.74) is 16.0. The lowest BCUT2D eigenvalue weighted by Gasteiger charge is -2.34. The molecule has 1 unspecified atom stereocenters. The highest BCUT2D eigenvalue weighted by Crippen LogP contribution is 2.59. The van der Waals surface area contributed by atoms with E-state index in [0.717, 1.165) is 45.3 Å². The SMILES string of the molecule is c1ccc(N(c2ccccc2)c2cc(-c3cccc(C4(c5ccccc5)c5ccccc5-c5c4ccc4c5sc5ccccc54)c3)cc(N(c3ccccc3)c3ccccc3)c2)cc1. The average molecular weight is 835 g/mol. The van der Waals surface area contributed by atoms with E-state index in [0.29, 0.717) is 0 Å². The molecule has 1 aromatic heterocycles. The molecule has 1 atom stereocenters. The molecule has 0 spiro atoms. The molecule has 0 radical (unpaired) electrons. The van der Waals surface area contributed by atoms with Crippen LogP contribution in [0, 0.1) is 0 Å². The van der Waals surface area contributed by atoms with Crippen molar-refractivity contribution in [2.75, 3.05) is 9.80 Å². The summed E-state index contributed by atoms with van der Waals surface area (Å²) in [6.45, 7) is 0. The number of para-hydroxylation sites is 4. The van der Waals surface area contributed by atoms with Gasteiger partial charge in [-0.2, -0.15) is 0 Å². The van der Waals surface area contributed by atoms with E-state index in [-0.39, 0.29) is 0 Å². The summed E-state index contributed by atoms with van der Waals surface area (Å²) in [6.07, 6.45) is 0. The van der Waals surface area contributed by atoms with Gasteiger partial charge < -0.3 is 9.80 Å². The minimum Gasteiger partial charge on any atom is -0.310 e. The summed E-state index contributed by atoms with van der Waals surface area (Å²) < 4.78 is 2.67. The monoisotopic (exact) mass is 834 g/mol. The molecule has 0 N–H and O–H groups in total. The highest BCUT2D eigenvalue weighted by Gasteiger charge is 2.47. The van der Waals surface area contributed by atoms with E-state index in [1.807, 2.05) is 11.3 Å². The van der Waals surface area contributed by atoms with Gasteiger partial charge in [-0.15, -0.1) is 11.3 Å². The Balaban J connectivity index is 1.13. The van der Waals surface area contributed by atoms with Crippen LogP contribution >= 0.6 is 11.3 Å². The Labute approximate surface area is 378 Å². The Morgan fingerprint density at radius 2 is 0.812 bits per heavy atom. The average Bonchev–Trinajstić information content (AvgIpc) is 3.90. The maximum atomic E-state index is 2.46. The van der Waals surface area contributed by atoms with Gasteiger partial charge in [-0.25, -0.2) is 0 Å². The number of thiophene rings is 1. The third kappa shape index (κ3) is 6.16. The van der Waals surface area contributed by atoms with Crippen LogP contribution < -0.4 is 9.80 Å². The van der Waals surface area contributed by atoms with Crippen LogP contribution in [-0.4, -0.2) is 0 Å². The summed E-state index contributed by atoms with van der Waals surface area (Å²) in [5, 5.41) is 2.64. The Hall–Kier alpha value is -7.98. The minimum absolute atomic E-state index is 0.561. The van der Waals surface area contributed by atoms with Crippen LogP contribution in [0.3, 0.4) is 0 Å². The molecule has 1 heterocycles. The molecule has 64 heavy (non-hydrogen) atoms. The van der Waals surface area contributed by atoms with Crippen molar-refractivity contribution < 1.29 is 0 Å². The molecular formula is C61H42N2S. The van der Waals surface area contributed by atoms with Crippen LogP contribution in [-0.2, 0) is 5.41 Å². The Morgan fingerprint density at radius 3 is 1.41 bits per heavy atom. The summed E-state index contributed by atoms with van der Waals surface area (Å²) in [5.74, 6) is 0. The van der Waals surface area contributed by atoms with E-state index in [4.69, 9.17) is 0 Å². The number of hydrogen-bond acceptors (Lipinski definition) is 3. The second-order valence-electron chi connectivity index (χ2n) is 16.5. The van der Waals surface area contributed by atoms with Crippen molar-refractivity contribution in [3.8, 4) is 22.3 Å². The van der Waals surface area contributed by atoms with Crippen molar-refractivity contribution in [1.82, 2.24) is 0 Å². The van der Waals surface area contributed by atoms with Crippen molar-refractivity contribution in [2.45, 2.75) is 5.41 Å². The molecule has 1 aliphatic rings. The number of fused-ring (bicyclic) bond motifs is 7. The lowest BCUT2D eigenvalue weighted by molar-refractivity contribution is 0.769. The van der Waals surface area contributed by atoms with Gasteiger partial charge in [0.25, 0.3) is 0 Å². The van der Waals surface area contributed by atoms with E-state index in [1.54, 1.807) is 0 Å². The van der Waals surface area contributed by atoms with E-state index in [2.05, 4.69) is 265 Å². The van der Waals surface area contributed by atoms with E-state index in [9.17, 15) is 0 Å². The molecule has 11 aromatic rings. The second-order valence-corrected chi connectivity index (χ2v) is 17.5. The van der Waals surface area contributed by atoms with Crippen LogP contribution in [0.2, 0.25) is 0 Å². The van der Waals surface area contributed by atoms with Crippen LogP contribution in [0.4, 0.5) is 34.1 Å². The lowest BCUT2D eigenvalue weighted by atomic mass is 9.67. The topological polar surface area (TPSA) is 6.48 Å². The van der Waals surface area contributed by atoms with Crippen LogP contribution in [0.1, 0.15) is 22.3 Å². The molecule has 2 nitrogen and oxygen atoms in total. The van der Waals surface area contributed by atoms with Crippen molar-refractivity contribution in [1.29, 1.82) is 0 Å². The Bertz CT molecular complexity index is 3260. The highest BCUT2D eigenvalue weighted by atomic mass is 32.1. The molecular weight excluding hydrogens is 793 g/mol. The summed E-state index contributed by atoms with van der Waals surface area (Å²) >= 11 is 1.91. The van der Waals surface area contributed by atoms with Gasteiger partial charge in [0.2, 0.25) is 0 Å². The van der Waals surface area contributed by atoms with E-state index in [1.165, 1.54) is 53.6 Å². The molecule has 0 fully saturated rings. The first-order valence-corrected chi connectivity index (χ1v) is 22.7. The van der Waals surface area contributed by atoms with Gasteiger partial charge in [0.05, 0.1) is 5.41 Å². The molecule has 1 aliphatic carbocycles. The predicted molar refractivity (Wildman–Crippen MR) is 271 cm³/mol. The quantitative estimate of drug-likeness (QED) is 0.143. The van der Waals surface area contributed by atoms with Crippen molar-refractivity contribution in [2.24, 2.45) is 0 Å². The fraction of sp³-hybridized carbons (Fsp3) is 0.0164. The minimum atomic E-state index is -0.561. The molecule has 0 amide bonds. The highest BCUT2D eigenvalue weighted by molar-refractivity contribution is 7.26. The largest absolute Gasteiger partial charge is 0.310 e. The molecule has 3 heteroatoms. The van der Waals surface area contributed by atoms with Crippen molar-refractivity contribution in [3.05, 3.63) is 277 Å². The van der Waals surface area contributed by atoms with Crippen molar-refractivity contribution >= 4 is 65.6 Å². The summed E-state index contributed by atoms with van der Waals surface area (Å²) in [6, 6.07) is 93.2. The number of hydrogen-bond donors (Lipinski definition) is 0. The molecule has 302 valence electrons. The maximum absolute atomic E-state index is 2.46. The molecule has 0 saturated heterocycles. The number of nitrogens with zero attached hydrogens (tertiary/aromatic N) is 2. The lowest BCUT2D eigenvalue weighted by Crippen LogP contribution is -2.28. The fourth-order valence-corrected chi connectivity index (χ4v) is 11.4. The summed E-state index contributed by atoms with van der Waals surface area (Å²) in [4.78, 5) is 4.74. The molecule has 10 aromatic carbocycles. The zero-order valence-electron chi connectivity index (χ0n) is 35.1. The van der Waals surface area contributed by atoms with Gasteiger partial charge in [-0.3, -0.25) is 0 Å². The molecule has 0 aliphatic heterocycles. The van der Waals surface area contributed by atoms with E-state index >= 15 is 0 Å². The third-order valence-corrected chi connectivity index (χ3v) is 14.1. The predicted octanol–water partition coefficient (Wildman–Crippen LogP) is 17.0.